The van der Waals surface area contributed by atoms with Crippen molar-refractivity contribution in [2.24, 2.45) is 0 Å². The zero-order chi connectivity index (χ0) is 9.84. The zero-order valence-electron chi connectivity index (χ0n) is 6.32. The average Bonchev–Trinajstić information content (AvgIpc) is 2.34. The van der Waals surface area contributed by atoms with Crippen molar-refractivity contribution < 1.29 is 24.6 Å². The molecule has 0 saturated carbocycles. The summed E-state index contributed by atoms with van der Waals surface area (Å²) in [6.07, 6.45) is -2.05. The molecular weight excluding hydrogens is 188 g/mol. The molecule has 0 aromatic rings. The highest BCUT2D eigenvalue weighted by molar-refractivity contribution is 4.73. The molecule has 0 radical (unpaired) electrons. The molecule has 9 nitrogen and oxygen atoms in total. The molecule has 0 amide bonds. The van der Waals surface area contributed by atoms with Gasteiger partial charge >= 0.3 is 0 Å². The van der Waals surface area contributed by atoms with Gasteiger partial charge in [-0.25, -0.2) is 0 Å². The fourth-order valence-electron chi connectivity index (χ4n) is 0.933. The zero-order valence-corrected chi connectivity index (χ0v) is 6.32. The van der Waals surface area contributed by atoms with Crippen LogP contribution in [0.5, 0.6) is 0 Å². The SMILES string of the molecule is O=[N+]([O-])O[C@@H]1COC[C@H]1O[N+](=O)[O-]. The van der Waals surface area contributed by atoms with Crippen molar-refractivity contribution in [3.05, 3.63) is 20.2 Å². The highest BCUT2D eigenvalue weighted by Gasteiger charge is 2.34. The first kappa shape index (κ1) is 9.45. The summed E-state index contributed by atoms with van der Waals surface area (Å²) in [5.41, 5.74) is 0. The van der Waals surface area contributed by atoms with Gasteiger partial charge < -0.3 is 14.4 Å². The summed E-state index contributed by atoms with van der Waals surface area (Å²) < 4.78 is 4.71. The lowest BCUT2D eigenvalue weighted by molar-refractivity contribution is -0.796. The molecule has 1 heterocycles. The van der Waals surface area contributed by atoms with Gasteiger partial charge in [-0.05, 0) is 0 Å². The number of ether oxygens (including phenoxy) is 1. The molecule has 0 spiro atoms. The Bertz CT molecular complexity index is 197. The Morgan fingerprint density at radius 1 is 1.08 bits per heavy atom. The van der Waals surface area contributed by atoms with Crippen LogP contribution < -0.4 is 0 Å². The van der Waals surface area contributed by atoms with E-state index in [0.717, 1.165) is 0 Å². The standard InChI is InChI=1S/C4H6N2O7/c7-5(8)12-3-1-11-2-4(3)13-6(9)10/h3-4H,1-2H2/t3-,4-/m1/s1. The Morgan fingerprint density at radius 3 is 1.77 bits per heavy atom. The summed E-state index contributed by atoms with van der Waals surface area (Å²) in [5.74, 6) is 0. The molecule has 0 aromatic carbocycles. The molecule has 1 aliphatic rings. The maximum absolute atomic E-state index is 9.89. The molecule has 1 rings (SSSR count). The van der Waals surface area contributed by atoms with Gasteiger partial charge in [0.1, 0.15) is 0 Å². The Balaban J connectivity index is 2.43. The van der Waals surface area contributed by atoms with Crippen LogP contribution in [0.15, 0.2) is 0 Å². The normalized spacial score (nSPS) is 26.8. The average molecular weight is 194 g/mol. The first-order chi connectivity index (χ1) is 6.09. The molecule has 74 valence electrons. The van der Waals surface area contributed by atoms with E-state index in [-0.39, 0.29) is 13.2 Å². The Labute approximate surface area is 71.4 Å². The van der Waals surface area contributed by atoms with Crippen LogP contribution in [0.1, 0.15) is 0 Å². The first-order valence-corrected chi connectivity index (χ1v) is 3.29. The smallest absolute Gasteiger partial charge is 0.294 e. The fourth-order valence-corrected chi connectivity index (χ4v) is 0.933. The number of hydrogen-bond donors (Lipinski definition) is 0. The lowest BCUT2D eigenvalue weighted by atomic mass is 10.3. The molecule has 1 aliphatic heterocycles. The first-order valence-electron chi connectivity index (χ1n) is 3.29. The molecule has 0 aliphatic carbocycles. The van der Waals surface area contributed by atoms with Gasteiger partial charge in [-0.15, -0.1) is 20.2 Å². The quantitative estimate of drug-likeness (QED) is 0.423. The van der Waals surface area contributed by atoms with Gasteiger partial charge in [0, 0.05) is 0 Å². The van der Waals surface area contributed by atoms with Crippen molar-refractivity contribution in [2.45, 2.75) is 12.2 Å². The van der Waals surface area contributed by atoms with Crippen LogP contribution in [0.25, 0.3) is 0 Å². The third-order valence-electron chi connectivity index (χ3n) is 1.42. The van der Waals surface area contributed by atoms with Crippen LogP contribution in [0.4, 0.5) is 0 Å². The molecule has 0 bridgehead atoms. The highest BCUT2D eigenvalue weighted by atomic mass is 17.0. The van der Waals surface area contributed by atoms with Crippen molar-refractivity contribution in [3.8, 4) is 0 Å². The van der Waals surface area contributed by atoms with Gasteiger partial charge in [0.05, 0.1) is 13.2 Å². The molecule has 2 atom stereocenters. The lowest BCUT2D eigenvalue weighted by Crippen LogP contribution is -2.33. The van der Waals surface area contributed by atoms with E-state index in [1.165, 1.54) is 0 Å². The van der Waals surface area contributed by atoms with E-state index < -0.39 is 22.4 Å². The second-order valence-electron chi connectivity index (χ2n) is 2.27. The number of rotatable bonds is 4. The molecule has 9 heteroatoms. The van der Waals surface area contributed by atoms with Gasteiger partial charge in [0.15, 0.2) is 12.2 Å². The largest absolute Gasteiger partial charge is 0.377 e. The van der Waals surface area contributed by atoms with Crippen molar-refractivity contribution >= 4 is 0 Å². The van der Waals surface area contributed by atoms with Crippen molar-refractivity contribution in [1.82, 2.24) is 0 Å². The number of nitrogens with zero attached hydrogens (tertiary/aromatic N) is 2. The summed E-state index contributed by atoms with van der Waals surface area (Å²) in [6, 6.07) is 0. The van der Waals surface area contributed by atoms with Gasteiger partial charge in [-0.2, -0.15) is 0 Å². The third-order valence-corrected chi connectivity index (χ3v) is 1.42. The summed E-state index contributed by atoms with van der Waals surface area (Å²) >= 11 is 0. The summed E-state index contributed by atoms with van der Waals surface area (Å²) in [6.45, 7) is -0.168. The van der Waals surface area contributed by atoms with Crippen LogP contribution in [-0.2, 0) is 14.4 Å². The maximum atomic E-state index is 9.89. The van der Waals surface area contributed by atoms with Crippen LogP contribution in [0.3, 0.4) is 0 Å². The molecule has 13 heavy (non-hydrogen) atoms. The Kier molecular flexibility index (Phi) is 2.80. The fraction of sp³-hybridized carbons (Fsp3) is 1.00. The predicted molar refractivity (Wildman–Crippen MR) is 34.6 cm³/mol. The van der Waals surface area contributed by atoms with Crippen molar-refractivity contribution in [2.75, 3.05) is 13.2 Å². The number of hydrogen-bond acceptors (Lipinski definition) is 7. The van der Waals surface area contributed by atoms with E-state index in [1.54, 1.807) is 0 Å². The van der Waals surface area contributed by atoms with E-state index >= 15 is 0 Å². The summed E-state index contributed by atoms with van der Waals surface area (Å²) in [5, 5.41) is 17.7. The van der Waals surface area contributed by atoms with Crippen LogP contribution in [0, 0.1) is 20.2 Å². The predicted octanol–water partition coefficient (Wildman–Crippen LogP) is -0.830. The second kappa shape index (κ2) is 3.85. The molecular formula is C4H6N2O7. The topological polar surface area (TPSA) is 114 Å². The van der Waals surface area contributed by atoms with Gasteiger partial charge in [0.25, 0.3) is 10.2 Å². The van der Waals surface area contributed by atoms with E-state index in [0.29, 0.717) is 0 Å². The second-order valence-corrected chi connectivity index (χ2v) is 2.27. The molecule has 1 saturated heterocycles. The maximum Gasteiger partial charge on any atom is 0.294 e. The van der Waals surface area contributed by atoms with Gasteiger partial charge in [-0.3, -0.25) is 0 Å². The van der Waals surface area contributed by atoms with Crippen molar-refractivity contribution in [3.63, 3.8) is 0 Å². The summed E-state index contributed by atoms with van der Waals surface area (Å²) in [4.78, 5) is 28.0. The minimum atomic E-state index is -1.03. The minimum absolute atomic E-state index is 0.0838. The van der Waals surface area contributed by atoms with Crippen LogP contribution >= 0.6 is 0 Å². The van der Waals surface area contributed by atoms with Crippen LogP contribution in [-0.4, -0.2) is 35.6 Å². The van der Waals surface area contributed by atoms with E-state index in [9.17, 15) is 20.2 Å². The third kappa shape index (κ3) is 2.71. The molecule has 0 unspecified atom stereocenters. The Morgan fingerprint density at radius 2 is 1.46 bits per heavy atom. The van der Waals surface area contributed by atoms with Crippen molar-refractivity contribution in [1.29, 1.82) is 0 Å². The van der Waals surface area contributed by atoms with Gasteiger partial charge in [-0.1, -0.05) is 0 Å². The van der Waals surface area contributed by atoms with E-state index in [2.05, 4.69) is 9.68 Å². The molecule has 1 fully saturated rings. The summed E-state index contributed by atoms with van der Waals surface area (Å²) in [7, 11) is 0. The van der Waals surface area contributed by atoms with E-state index in [1.807, 2.05) is 0 Å². The Hall–Kier alpha value is -1.64. The van der Waals surface area contributed by atoms with Crippen LogP contribution in [0.2, 0.25) is 0 Å². The monoisotopic (exact) mass is 194 g/mol. The highest BCUT2D eigenvalue weighted by Crippen LogP contribution is 2.13. The minimum Gasteiger partial charge on any atom is -0.377 e. The van der Waals surface area contributed by atoms with Gasteiger partial charge in [0.2, 0.25) is 0 Å². The molecule has 0 aromatic heterocycles. The van der Waals surface area contributed by atoms with E-state index in [4.69, 9.17) is 4.74 Å². The lowest BCUT2D eigenvalue weighted by Gasteiger charge is -2.12. The molecule has 0 N–H and O–H groups in total.